The van der Waals surface area contributed by atoms with E-state index in [-0.39, 0.29) is 10.7 Å². The second kappa shape index (κ2) is 5.20. The summed E-state index contributed by atoms with van der Waals surface area (Å²) in [5.74, 6) is 1.07. The fourth-order valence-corrected chi connectivity index (χ4v) is 6.00. The van der Waals surface area contributed by atoms with Gasteiger partial charge in [-0.25, -0.2) is 17.7 Å². The van der Waals surface area contributed by atoms with Crippen molar-refractivity contribution < 1.29 is 13.2 Å². The van der Waals surface area contributed by atoms with Crippen molar-refractivity contribution in [2.75, 3.05) is 19.7 Å². The fourth-order valence-electron chi connectivity index (χ4n) is 4.02. The molecule has 6 heteroatoms. The molecule has 0 radical (unpaired) electrons. The molecule has 0 unspecified atom stereocenters. The molecule has 0 N–H and O–H groups in total. The van der Waals surface area contributed by atoms with Crippen LogP contribution in [0.2, 0.25) is 0 Å². The predicted molar refractivity (Wildman–Crippen MR) is 83.0 cm³/mol. The molecule has 2 heterocycles. The highest BCUT2D eigenvalue weighted by molar-refractivity contribution is 7.90. The molecule has 1 saturated heterocycles. The third-order valence-electron chi connectivity index (χ3n) is 5.46. The fraction of sp³-hybridized carbons (Fsp3) is 0.688. The highest BCUT2D eigenvalue weighted by Gasteiger charge is 2.54. The predicted octanol–water partition coefficient (Wildman–Crippen LogP) is 2.05. The lowest BCUT2D eigenvalue weighted by atomic mass is 9.82. The van der Waals surface area contributed by atoms with E-state index in [1.54, 1.807) is 10.5 Å². The van der Waals surface area contributed by atoms with E-state index in [0.29, 0.717) is 31.5 Å². The van der Waals surface area contributed by atoms with Crippen molar-refractivity contribution >= 4 is 10.0 Å². The van der Waals surface area contributed by atoms with Gasteiger partial charge in [0.05, 0.1) is 11.9 Å². The van der Waals surface area contributed by atoms with Crippen molar-refractivity contribution in [1.29, 1.82) is 0 Å². The van der Waals surface area contributed by atoms with Crippen LogP contribution in [0.15, 0.2) is 24.4 Å². The molecule has 1 aliphatic heterocycles. The van der Waals surface area contributed by atoms with Crippen molar-refractivity contribution in [2.24, 2.45) is 11.3 Å². The number of aromatic nitrogens is 1. The molecular formula is C16H22N2O3S. The Morgan fingerprint density at radius 2 is 2.18 bits per heavy atom. The summed E-state index contributed by atoms with van der Waals surface area (Å²) < 4.78 is 32.7. The summed E-state index contributed by atoms with van der Waals surface area (Å²) in [4.78, 5) is 4.20. The third-order valence-corrected chi connectivity index (χ3v) is 7.77. The maximum atomic E-state index is 12.5. The molecule has 1 aromatic heterocycles. The molecule has 5 nitrogen and oxygen atoms in total. The maximum absolute atomic E-state index is 12.5. The Hall–Kier alpha value is -1.14. The van der Waals surface area contributed by atoms with E-state index in [1.165, 1.54) is 6.42 Å². The molecule has 3 fully saturated rings. The summed E-state index contributed by atoms with van der Waals surface area (Å²) in [7, 11) is -3.07. The van der Waals surface area contributed by atoms with Gasteiger partial charge in [0.15, 0.2) is 0 Å². The van der Waals surface area contributed by atoms with Crippen LogP contribution in [0.4, 0.5) is 0 Å². The minimum atomic E-state index is -3.07. The van der Waals surface area contributed by atoms with Crippen molar-refractivity contribution in [2.45, 2.75) is 37.4 Å². The second-order valence-corrected chi connectivity index (χ2v) is 9.16. The quantitative estimate of drug-likeness (QED) is 0.832. The first-order valence-electron chi connectivity index (χ1n) is 8.13. The van der Waals surface area contributed by atoms with Gasteiger partial charge in [0, 0.05) is 30.8 Å². The number of ether oxygens (including phenoxy) is 1. The van der Waals surface area contributed by atoms with Gasteiger partial charge in [0.1, 0.15) is 0 Å². The zero-order valence-corrected chi connectivity index (χ0v) is 13.5. The minimum absolute atomic E-state index is 0.0144. The van der Waals surface area contributed by atoms with Gasteiger partial charge >= 0.3 is 0 Å². The van der Waals surface area contributed by atoms with E-state index in [9.17, 15) is 8.42 Å². The standard InChI is InChI=1S/C16H22N2O3S/c19-22(20,14-6-7-14)18-10-13-4-3-8-16(13,11-18)12-21-15-5-1-2-9-17-15/h1-2,5,9,13-14H,3-4,6-8,10-12H2/t13-,16+/m1/s1. The Kier molecular flexibility index (Phi) is 3.42. The summed E-state index contributed by atoms with van der Waals surface area (Å²) in [5, 5.41) is -0.111. The molecule has 0 spiro atoms. The van der Waals surface area contributed by atoms with Crippen LogP contribution in [0.3, 0.4) is 0 Å². The Balaban J connectivity index is 1.49. The zero-order valence-electron chi connectivity index (χ0n) is 12.6. The average Bonchev–Trinajstić information content (AvgIpc) is 3.21. The molecular weight excluding hydrogens is 300 g/mol. The highest BCUT2D eigenvalue weighted by Crippen LogP contribution is 2.50. The summed E-state index contributed by atoms with van der Waals surface area (Å²) >= 11 is 0. The van der Waals surface area contributed by atoms with Crippen molar-refractivity contribution in [3.63, 3.8) is 0 Å². The number of hydrogen-bond donors (Lipinski definition) is 0. The molecule has 120 valence electrons. The van der Waals surface area contributed by atoms with Gasteiger partial charge in [-0.05, 0) is 37.7 Å². The van der Waals surface area contributed by atoms with Crippen molar-refractivity contribution in [3.05, 3.63) is 24.4 Å². The van der Waals surface area contributed by atoms with Crippen LogP contribution >= 0.6 is 0 Å². The van der Waals surface area contributed by atoms with Gasteiger partial charge in [-0.15, -0.1) is 0 Å². The molecule has 2 saturated carbocycles. The number of pyridine rings is 1. The lowest BCUT2D eigenvalue weighted by Gasteiger charge is -2.28. The molecule has 2 atom stereocenters. The van der Waals surface area contributed by atoms with Gasteiger partial charge in [-0.2, -0.15) is 0 Å². The molecule has 3 aliphatic rings. The summed E-state index contributed by atoms with van der Waals surface area (Å²) in [6, 6.07) is 5.63. The van der Waals surface area contributed by atoms with Crippen LogP contribution in [0.5, 0.6) is 5.88 Å². The lowest BCUT2D eigenvalue weighted by Crippen LogP contribution is -2.37. The maximum Gasteiger partial charge on any atom is 0.217 e. The first-order chi connectivity index (χ1) is 10.6. The van der Waals surface area contributed by atoms with Crippen LogP contribution in [0.25, 0.3) is 0 Å². The van der Waals surface area contributed by atoms with E-state index in [2.05, 4.69) is 4.98 Å². The molecule has 4 rings (SSSR count). The number of sulfonamides is 1. The molecule has 2 aliphatic carbocycles. The van der Waals surface area contributed by atoms with Crippen LogP contribution in [-0.4, -0.2) is 42.7 Å². The van der Waals surface area contributed by atoms with Gasteiger partial charge in [0.2, 0.25) is 15.9 Å². The summed E-state index contributed by atoms with van der Waals surface area (Å²) in [6.07, 6.45) is 6.73. The largest absolute Gasteiger partial charge is 0.477 e. The first kappa shape index (κ1) is 14.5. The molecule has 1 aromatic rings. The smallest absolute Gasteiger partial charge is 0.217 e. The number of rotatable bonds is 5. The van der Waals surface area contributed by atoms with E-state index < -0.39 is 10.0 Å². The van der Waals surface area contributed by atoms with Crippen LogP contribution in [0, 0.1) is 11.3 Å². The number of nitrogens with zero attached hydrogens (tertiary/aromatic N) is 2. The number of hydrogen-bond acceptors (Lipinski definition) is 4. The van der Waals surface area contributed by atoms with Crippen molar-refractivity contribution in [1.82, 2.24) is 9.29 Å². The molecule has 22 heavy (non-hydrogen) atoms. The topological polar surface area (TPSA) is 59.5 Å². The Bertz CT molecular complexity index is 645. The van der Waals surface area contributed by atoms with Gasteiger partial charge in [0.25, 0.3) is 0 Å². The van der Waals surface area contributed by atoms with Crippen LogP contribution in [-0.2, 0) is 10.0 Å². The summed E-state index contributed by atoms with van der Waals surface area (Å²) in [6.45, 7) is 1.89. The highest BCUT2D eigenvalue weighted by atomic mass is 32.2. The van der Waals surface area contributed by atoms with E-state index in [0.717, 1.165) is 25.7 Å². The van der Waals surface area contributed by atoms with E-state index >= 15 is 0 Å². The minimum Gasteiger partial charge on any atom is -0.477 e. The van der Waals surface area contributed by atoms with Gasteiger partial charge in [-0.3, -0.25) is 0 Å². The SMILES string of the molecule is O=S(=O)(C1CC1)N1C[C@H]2CCC[C@@]2(COc2ccccn2)C1. The molecule has 0 bridgehead atoms. The Morgan fingerprint density at radius 3 is 2.91 bits per heavy atom. The number of fused-ring (bicyclic) bond motifs is 1. The average molecular weight is 322 g/mol. The normalized spacial score (nSPS) is 32.1. The Labute approximate surface area is 131 Å². The molecule has 0 aromatic carbocycles. The third kappa shape index (κ3) is 2.42. The van der Waals surface area contributed by atoms with E-state index in [4.69, 9.17) is 4.74 Å². The van der Waals surface area contributed by atoms with Crippen LogP contribution < -0.4 is 4.74 Å². The lowest BCUT2D eigenvalue weighted by molar-refractivity contribution is 0.130. The first-order valence-corrected chi connectivity index (χ1v) is 9.63. The molecule has 0 amide bonds. The summed E-state index contributed by atoms with van der Waals surface area (Å²) in [5.41, 5.74) is -0.0144. The van der Waals surface area contributed by atoms with E-state index in [1.807, 2.05) is 18.2 Å². The van der Waals surface area contributed by atoms with Crippen molar-refractivity contribution in [3.8, 4) is 5.88 Å². The van der Waals surface area contributed by atoms with Gasteiger partial charge < -0.3 is 4.74 Å². The van der Waals surface area contributed by atoms with Gasteiger partial charge in [-0.1, -0.05) is 12.5 Å². The van der Waals surface area contributed by atoms with Crippen LogP contribution in [0.1, 0.15) is 32.1 Å². The monoisotopic (exact) mass is 322 g/mol. The zero-order chi connectivity index (χ0) is 15.2. The Morgan fingerprint density at radius 1 is 1.32 bits per heavy atom. The second-order valence-electron chi connectivity index (χ2n) is 6.94.